The van der Waals surface area contributed by atoms with Crippen molar-refractivity contribution in [3.8, 4) is 16.9 Å². The van der Waals surface area contributed by atoms with Crippen molar-refractivity contribution in [1.82, 2.24) is 4.90 Å². The molecule has 0 bridgehead atoms. The Morgan fingerprint density at radius 2 is 1.93 bits per heavy atom. The number of guanidine groups is 1. The summed E-state index contributed by atoms with van der Waals surface area (Å²) >= 11 is 6.12. The first kappa shape index (κ1) is 20.2. The average molecular weight is 424 g/mol. The Labute approximate surface area is 181 Å². The Balaban J connectivity index is 1.58. The molecule has 4 nitrogen and oxygen atoms in total. The van der Waals surface area contributed by atoms with E-state index < -0.39 is 0 Å². The Kier molecular flexibility index (Phi) is 5.91. The molecule has 1 heterocycles. The molecule has 4 rings (SSSR count). The monoisotopic (exact) mass is 423 g/mol. The summed E-state index contributed by atoms with van der Waals surface area (Å²) in [4.78, 5) is 6.52. The van der Waals surface area contributed by atoms with Gasteiger partial charge in [-0.3, -0.25) is 4.99 Å². The van der Waals surface area contributed by atoms with E-state index in [4.69, 9.17) is 16.3 Å². The molecule has 1 aliphatic rings. The lowest BCUT2D eigenvalue weighted by molar-refractivity contribution is 0.413. The number of aliphatic imine (C=N–C) groups is 1. The summed E-state index contributed by atoms with van der Waals surface area (Å²) in [5.41, 5.74) is 3.70. The van der Waals surface area contributed by atoms with Crippen molar-refractivity contribution in [2.24, 2.45) is 4.99 Å². The molecule has 0 unspecified atom stereocenters. The van der Waals surface area contributed by atoms with Crippen LogP contribution in [-0.4, -0.2) is 38.1 Å². The van der Waals surface area contributed by atoms with Gasteiger partial charge in [-0.1, -0.05) is 41.9 Å². The second-order valence-electron chi connectivity index (χ2n) is 7.25. The van der Waals surface area contributed by atoms with Gasteiger partial charge in [0, 0.05) is 30.7 Å². The van der Waals surface area contributed by atoms with E-state index in [-0.39, 0.29) is 5.82 Å². The van der Waals surface area contributed by atoms with Gasteiger partial charge in [-0.2, -0.15) is 0 Å². The van der Waals surface area contributed by atoms with Crippen molar-refractivity contribution in [1.29, 1.82) is 0 Å². The SMILES string of the molecule is COc1ccc(Cc2ccc(NC3=NCCN3C)cc2)c(F)c1-c1cccc(Cl)c1. The third-order valence-corrected chi connectivity index (χ3v) is 5.42. The second-order valence-corrected chi connectivity index (χ2v) is 7.69. The van der Waals surface area contributed by atoms with Crippen LogP contribution in [0.2, 0.25) is 5.02 Å². The summed E-state index contributed by atoms with van der Waals surface area (Å²) in [7, 11) is 3.55. The standard InChI is InChI=1S/C24H23ClFN3O/c1-29-13-12-27-24(29)28-20-9-6-16(7-10-20)14-18-8-11-21(30-2)22(23(18)26)17-4-3-5-19(25)15-17/h3-11,15H,12-14H2,1-2H3,(H,27,28). The molecule has 0 amide bonds. The van der Waals surface area contributed by atoms with E-state index in [1.165, 1.54) is 0 Å². The van der Waals surface area contributed by atoms with Crippen molar-refractivity contribution in [3.05, 3.63) is 82.6 Å². The van der Waals surface area contributed by atoms with E-state index in [0.717, 1.165) is 30.3 Å². The number of hydrogen-bond acceptors (Lipinski definition) is 4. The zero-order valence-corrected chi connectivity index (χ0v) is 17.7. The quantitative estimate of drug-likeness (QED) is 0.592. The number of hydrogen-bond donors (Lipinski definition) is 1. The van der Waals surface area contributed by atoms with Crippen molar-refractivity contribution in [3.63, 3.8) is 0 Å². The van der Waals surface area contributed by atoms with Crippen LogP contribution in [0.15, 0.2) is 65.7 Å². The lowest BCUT2D eigenvalue weighted by Gasteiger charge is -2.16. The zero-order valence-electron chi connectivity index (χ0n) is 17.0. The molecule has 1 aliphatic heterocycles. The maximum absolute atomic E-state index is 15.5. The number of benzene rings is 3. The molecule has 3 aromatic rings. The number of anilines is 1. The van der Waals surface area contributed by atoms with Gasteiger partial charge in [-0.15, -0.1) is 0 Å². The zero-order chi connectivity index (χ0) is 21.1. The fraction of sp³-hybridized carbons (Fsp3) is 0.208. The van der Waals surface area contributed by atoms with Crippen LogP contribution in [0.3, 0.4) is 0 Å². The maximum Gasteiger partial charge on any atom is 0.198 e. The Hall–Kier alpha value is -3.05. The molecular formula is C24H23ClFN3O. The van der Waals surface area contributed by atoms with Crippen LogP contribution in [0.1, 0.15) is 11.1 Å². The van der Waals surface area contributed by atoms with Crippen LogP contribution in [-0.2, 0) is 6.42 Å². The van der Waals surface area contributed by atoms with E-state index in [9.17, 15) is 0 Å². The molecule has 1 N–H and O–H groups in total. The molecule has 0 radical (unpaired) electrons. The highest BCUT2D eigenvalue weighted by Gasteiger charge is 2.17. The van der Waals surface area contributed by atoms with Gasteiger partial charge < -0.3 is 15.0 Å². The molecule has 30 heavy (non-hydrogen) atoms. The topological polar surface area (TPSA) is 36.9 Å². The number of halogens is 2. The highest BCUT2D eigenvalue weighted by molar-refractivity contribution is 6.30. The lowest BCUT2D eigenvalue weighted by Crippen LogP contribution is -2.28. The molecule has 6 heteroatoms. The third-order valence-electron chi connectivity index (χ3n) is 5.18. The first-order valence-electron chi connectivity index (χ1n) is 9.78. The third kappa shape index (κ3) is 4.26. The van der Waals surface area contributed by atoms with Gasteiger partial charge in [0.15, 0.2) is 5.96 Å². The summed E-state index contributed by atoms with van der Waals surface area (Å²) in [5, 5.41) is 3.87. The second kappa shape index (κ2) is 8.76. The van der Waals surface area contributed by atoms with Gasteiger partial charge in [-0.05, 0) is 47.0 Å². The Morgan fingerprint density at radius 3 is 2.60 bits per heavy atom. The highest BCUT2D eigenvalue weighted by Crippen LogP contribution is 2.36. The van der Waals surface area contributed by atoms with Crippen LogP contribution in [0.5, 0.6) is 5.75 Å². The summed E-state index contributed by atoms with van der Waals surface area (Å²) in [6.07, 6.45) is 0.477. The summed E-state index contributed by atoms with van der Waals surface area (Å²) in [6.45, 7) is 1.73. The van der Waals surface area contributed by atoms with Gasteiger partial charge in [0.1, 0.15) is 11.6 Å². The molecule has 0 aliphatic carbocycles. The van der Waals surface area contributed by atoms with Crippen LogP contribution in [0.4, 0.5) is 10.1 Å². The molecule has 0 fully saturated rings. The normalized spacial score (nSPS) is 13.3. The fourth-order valence-electron chi connectivity index (χ4n) is 3.54. The molecule has 0 saturated carbocycles. The van der Waals surface area contributed by atoms with E-state index in [1.807, 2.05) is 37.4 Å². The maximum atomic E-state index is 15.5. The van der Waals surface area contributed by atoms with E-state index >= 15 is 4.39 Å². The minimum absolute atomic E-state index is 0.291. The van der Waals surface area contributed by atoms with E-state index in [2.05, 4.69) is 15.2 Å². The number of nitrogens with zero attached hydrogens (tertiary/aromatic N) is 2. The molecule has 0 spiro atoms. The highest BCUT2D eigenvalue weighted by atomic mass is 35.5. The fourth-order valence-corrected chi connectivity index (χ4v) is 3.73. The number of likely N-dealkylation sites (N-methyl/N-ethyl adjacent to an activating group) is 1. The van der Waals surface area contributed by atoms with Gasteiger partial charge in [0.2, 0.25) is 0 Å². The smallest absolute Gasteiger partial charge is 0.198 e. The van der Waals surface area contributed by atoms with Crippen molar-refractivity contribution >= 4 is 23.2 Å². The van der Waals surface area contributed by atoms with Crippen molar-refractivity contribution in [2.45, 2.75) is 6.42 Å². The minimum Gasteiger partial charge on any atom is -0.496 e. The van der Waals surface area contributed by atoms with Crippen LogP contribution in [0, 0.1) is 5.82 Å². The molecule has 0 saturated heterocycles. The summed E-state index contributed by atoms with van der Waals surface area (Å²) in [6, 6.07) is 18.7. The largest absolute Gasteiger partial charge is 0.496 e. The van der Waals surface area contributed by atoms with E-state index in [1.54, 1.807) is 37.4 Å². The Bertz CT molecular complexity index is 1080. The van der Waals surface area contributed by atoms with Crippen molar-refractivity contribution < 1.29 is 9.13 Å². The molecule has 0 atom stereocenters. The first-order chi connectivity index (χ1) is 14.5. The van der Waals surface area contributed by atoms with Crippen LogP contribution < -0.4 is 10.1 Å². The number of methoxy groups -OCH3 is 1. The molecule has 154 valence electrons. The minimum atomic E-state index is -0.291. The van der Waals surface area contributed by atoms with Crippen LogP contribution in [0.25, 0.3) is 11.1 Å². The van der Waals surface area contributed by atoms with Gasteiger partial charge in [0.25, 0.3) is 0 Å². The van der Waals surface area contributed by atoms with Crippen molar-refractivity contribution in [2.75, 3.05) is 32.6 Å². The number of rotatable bonds is 5. The van der Waals surface area contributed by atoms with Gasteiger partial charge in [-0.25, -0.2) is 4.39 Å². The predicted molar refractivity (Wildman–Crippen MR) is 121 cm³/mol. The van der Waals surface area contributed by atoms with Gasteiger partial charge in [0.05, 0.1) is 19.2 Å². The van der Waals surface area contributed by atoms with Crippen LogP contribution >= 0.6 is 11.6 Å². The van der Waals surface area contributed by atoms with Gasteiger partial charge >= 0.3 is 0 Å². The summed E-state index contributed by atoms with van der Waals surface area (Å²) in [5.74, 6) is 1.07. The molecular weight excluding hydrogens is 401 g/mol. The lowest BCUT2D eigenvalue weighted by atomic mass is 9.97. The van der Waals surface area contributed by atoms with E-state index in [0.29, 0.717) is 33.9 Å². The molecule has 0 aromatic heterocycles. The first-order valence-corrected chi connectivity index (χ1v) is 10.2. The Morgan fingerprint density at radius 1 is 1.13 bits per heavy atom. The summed E-state index contributed by atoms with van der Waals surface area (Å²) < 4.78 is 20.9. The molecule has 3 aromatic carbocycles. The number of nitrogens with one attached hydrogen (secondary N) is 1. The predicted octanol–water partition coefficient (Wildman–Crippen LogP) is 5.46. The average Bonchev–Trinajstić information content (AvgIpc) is 3.15. The number of ether oxygens (including phenoxy) is 1.